The number of nitrogens with one attached hydrogen (secondary N) is 1. The summed E-state index contributed by atoms with van der Waals surface area (Å²) >= 11 is 0. The SMILES string of the molecule is Cc1cccc(NC(=O)c2cccc(OCC3CCCO3)c2)c1. The highest BCUT2D eigenvalue weighted by Crippen LogP contribution is 2.18. The summed E-state index contributed by atoms with van der Waals surface area (Å²) < 4.78 is 11.3. The molecule has 2 aromatic rings. The van der Waals surface area contributed by atoms with Crippen molar-refractivity contribution < 1.29 is 14.3 Å². The van der Waals surface area contributed by atoms with Crippen LogP contribution >= 0.6 is 0 Å². The Balaban J connectivity index is 1.62. The standard InChI is InChI=1S/C19H21NO3/c1-14-5-2-7-16(11-14)20-19(21)15-6-3-8-17(12-15)23-13-18-9-4-10-22-18/h2-3,5-8,11-12,18H,4,9-10,13H2,1H3,(H,20,21). The van der Waals surface area contributed by atoms with Gasteiger partial charge in [0, 0.05) is 17.9 Å². The van der Waals surface area contributed by atoms with Crippen LogP contribution in [0.3, 0.4) is 0 Å². The molecule has 23 heavy (non-hydrogen) atoms. The van der Waals surface area contributed by atoms with Crippen LogP contribution in [0.1, 0.15) is 28.8 Å². The lowest BCUT2D eigenvalue weighted by Crippen LogP contribution is -2.17. The van der Waals surface area contributed by atoms with Crippen LogP contribution in [0.5, 0.6) is 5.75 Å². The normalized spacial score (nSPS) is 17.0. The summed E-state index contributed by atoms with van der Waals surface area (Å²) in [5.74, 6) is 0.551. The zero-order valence-corrected chi connectivity index (χ0v) is 13.2. The van der Waals surface area contributed by atoms with Crippen LogP contribution in [0.4, 0.5) is 5.69 Å². The van der Waals surface area contributed by atoms with Crippen molar-refractivity contribution in [2.75, 3.05) is 18.5 Å². The fourth-order valence-corrected chi connectivity index (χ4v) is 2.62. The van der Waals surface area contributed by atoms with Gasteiger partial charge in [-0.25, -0.2) is 0 Å². The molecule has 0 aromatic heterocycles. The van der Waals surface area contributed by atoms with Gasteiger partial charge >= 0.3 is 0 Å². The lowest BCUT2D eigenvalue weighted by Gasteiger charge is -2.12. The topological polar surface area (TPSA) is 47.6 Å². The number of benzene rings is 2. The summed E-state index contributed by atoms with van der Waals surface area (Å²) in [5, 5.41) is 2.90. The monoisotopic (exact) mass is 311 g/mol. The maximum atomic E-state index is 12.3. The molecule has 120 valence electrons. The molecule has 3 rings (SSSR count). The smallest absolute Gasteiger partial charge is 0.255 e. The molecule has 1 N–H and O–H groups in total. The van der Waals surface area contributed by atoms with Crippen LogP contribution in [0, 0.1) is 6.92 Å². The van der Waals surface area contributed by atoms with Gasteiger partial charge in [-0.1, -0.05) is 18.2 Å². The van der Waals surface area contributed by atoms with E-state index < -0.39 is 0 Å². The minimum atomic E-state index is -0.141. The van der Waals surface area contributed by atoms with Crippen LogP contribution in [-0.2, 0) is 4.74 Å². The molecule has 1 amide bonds. The zero-order valence-electron chi connectivity index (χ0n) is 13.2. The number of amides is 1. The Hall–Kier alpha value is -2.33. The second kappa shape index (κ2) is 7.29. The second-order valence-electron chi connectivity index (χ2n) is 5.80. The maximum Gasteiger partial charge on any atom is 0.255 e. The van der Waals surface area contributed by atoms with E-state index >= 15 is 0 Å². The van der Waals surface area contributed by atoms with E-state index in [0.29, 0.717) is 17.9 Å². The molecule has 4 heteroatoms. The quantitative estimate of drug-likeness (QED) is 0.913. The number of ether oxygens (including phenoxy) is 2. The van der Waals surface area contributed by atoms with Gasteiger partial charge in [-0.2, -0.15) is 0 Å². The molecule has 0 saturated carbocycles. The van der Waals surface area contributed by atoms with Crippen molar-refractivity contribution in [2.45, 2.75) is 25.9 Å². The summed E-state index contributed by atoms with van der Waals surface area (Å²) in [7, 11) is 0. The van der Waals surface area contributed by atoms with Crippen molar-refractivity contribution in [3.05, 3.63) is 59.7 Å². The average molecular weight is 311 g/mol. The van der Waals surface area contributed by atoms with Crippen molar-refractivity contribution in [3.8, 4) is 5.75 Å². The third kappa shape index (κ3) is 4.33. The van der Waals surface area contributed by atoms with Crippen LogP contribution in [0.15, 0.2) is 48.5 Å². The summed E-state index contributed by atoms with van der Waals surface area (Å²) in [6.07, 6.45) is 2.29. The van der Waals surface area contributed by atoms with Crippen molar-refractivity contribution in [2.24, 2.45) is 0 Å². The molecule has 1 saturated heterocycles. The third-order valence-corrected chi connectivity index (χ3v) is 3.83. The minimum absolute atomic E-state index is 0.141. The summed E-state index contributed by atoms with van der Waals surface area (Å²) in [4.78, 5) is 12.3. The first-order valence-corrected chi connectivity index (χ1v) is 7.93. The molecule has 0 bridgehead atoms. The largest absolute Gasteiger partial charge is 0.491 e. The number of hydrogen-bond donors (Lipinski definition) is 1. The van der Waals surface area contributed by atoms with E-state index in [1.165, 1.54) is 0 Å². The van der Waals surface area contributed by atoms with Crippen LogP contribution in [0.25, 0.3) is 0 Å². The molecule has 0 radical (unpaired) electrons. The Morgan fingerprint density at radius 2 is 2.13 bits per heavy atom. The first-order valence-electron chi connectivity index (χ1n) is 7.93. The van der Waals surface area contributed by atoms with Crippen molar-refractivity contribution in [1.82, 2.24) is 0 Å². The number of hydrogen-bond acceptors (Lipinski definition) is 3. The fourth-order valence-electron chi connectivity index (χ4n) is 2.62. The van der Waals surface area contributed by atoms with E-state index in [0.717, 1.165) is 30.7 Å². The Morgan fingerprint density at radius 1 is 1.26 bits per heavy atom. The van der Waals surface area contributed by atoms with Crippen molar-refractivity contribution >= 4 is 11.6 Å². The number of carbonyl (C=O) groups is 1. The lowest BCUT2D eigenvalue weighted by atomic mass is 10.2. The zero-order chi connectivity index (χ0) is 16.1. The van der Waals surface area contributed by atoms with Crippen LogP contribution in [-0.4, -0.2) is 25.2 Å². The lowest BCUT2D eigenvalue weighted by molar-refractivity contribution is 0.0679. The van der Waals surface area contributed by atoms with E-state index in [4.69, 9.17) is 9.47 Å². The van der Waals surface area contributed by atoms with E-state index in [9.17, 15) is 4.79 Å². The second-order valence-corrected chi connectivity index (χ2v) is 5.80. The van der Waals surface area contributed by atoms with Crippen LogP contribution < -0.4 is 10.1 Å². The summed E-state index contributed by atoms with van der Waals surface area (Å²) in [6.45, 7) is 3.34. The van der Waals surface area contributed by atoms with Gasteiger partial charge in [0.2, 0.25) is 0 Å². The Labute approximate surface area is 136 Å². The van der Waals surface area contributed by atoms with Gasteiger partial charge in [-0.15, -0.1) is 0 Å². The molecule has 4 nitrogen and oxygen atoms in total. The molecule has 1 aliphatic heterocycles. The number of rotatable bonds is 5. The molecule has 1 fully saturated rings. The molecule has 1 atom stereocenters. The Bertz CT molecular complexity index is 678. The number of aryl methyl sites for hydroxylation is 1. The van der Waals surface area contributed by atoms with Crippen LogP contribution in [0.2, 0.25) is 0 Å². The first kappa shape index (κ1) is 15.6. The minimum Gasteiger partial charge on any atom is -0.491 e. The van der Waals surface area contributed by atoms with Gasteiger partial charge in [-0.3, -0.25) is 4.79 Å². The van der Waals surface area contributed by atoms with Gasteiger partial charge in [0.05, 0.1) is 6.10 Å². The molecule has 1 aliphatic rings. The molecule has 0 aliphatic carbocycles. The highest BCUT2D eigenvalue weighted by atomic mass is 16.5. The summed E-state index contributed by atoms with van der Waals surface area (Å²) in [5.41, 5.74) is 2.48. The third-order valence-electron chi connectivity index (χ3n) is 3.83. The summed E-state index contributed by atoms with van der Waals surface area (Å²) in [6, 6.07) is 15.0. The van der Waals surface area contributed by atoms with Crippen molar-refractivity contribution in [3.63, 3.8) is 0 Å². The van der Waals surface area contributed by atoms with Crippen molar-refractivity contribution in [1.29, 1.82) is 0 Å². The predicted molar refractivity (Wildman–Crippen MR) is 90.0 cm³/mol. The number of anilines is 1. The Kier molecular flexibility index (Phi) is 4.93. The van der Waals surface area contributed by atoms with E-state index in [1.54, 1.807) is 12.1 Å². The van der Waals surface area contributed by atoms with Gasteiger partial charge < -0.3 is 14.8 Å². The van der Waals surface area contributed by atoms with E-state index in [-0.39, 0.29) is 12.0 Å². The predicted octanol–water partition coefficient (Wildman–Crippen LogP) is 3.81. The molecular weight excluding hydrogens is 290 g/mol. The highest BCUT2D eigenvalue weighted by Gasteiger charge is 2.16. The highest BCUT2D eigenvalue weighted by molar-refractivity contribution is 6.04. The van der Waals surface area contributed by atoms with E-state index in [1.807, 2.05) is 43.3 Å². The fraction of sp³-hybridized carbons (Fsp3) is 0.316. The molecule has 0 spiro atoms. The number of carbonyl (C=O) groups excluding carboxylic acids is 1. The molecular formula is C19H21NO3. The average Bonchev–Trinajstić information content (AvgIpc) is 3.07. The molecule has 1 heterocycles. The molecule has 2 aromatic carbocycles. The molecule has 1 unspecified atom stereocenters. The first-order chi connectivity index (χ1) is 11.2. The van der Waals surface area contributed by atoms with Gasteiger partial charge in [0.25, 0.3) is 5.91 Å². The Morgan fingerprint density at radius 3 is 2.91 bits per heavy atom. The van der Waals surface area contributed by atoms with Gasteiger partial charge in [-0.05, 0) is 55.7 Å². The maximum absolute atomic E-state index is 12.3. The van der Waals surface area contributed by atoms with Gasteiger partial charge in [0.15, 0.2) is 0 Å². The van der Waals surface area contributed by atoms with E-state index in [2.05, 4.69) is 5.32 Å². The van der Waals surface area contributed by atoms with Gasteiger partial charge in [0.1, 0.15) is 12.4 Å².